The third-order valence-corrected chi connectivity index (χ3v) is 1.89. The molecule has 0 aliphatic carbocycles. The van der Waals surface area contributed by atoms with Crippen molar-refractivity contribution in [3.05, 3.63) is 11.8 Å². The minimum atomic E-state index is -0.695. The van der Waals surface area contributed by atoms with Crippen LogP contribution in [0.3, 0.4) is 0 Å². The zero-order chi connectivity index (χ0) is 12.5. The Morgan fingerprint density at radius 2 is 2.29 bits per heavy atom. The monoisotopic (exact) mass is 244 g/mol. The van der Waals surface area contributed by atoms with Crippen molar-refractivity contribution >= 4 is 12.1 Å². The van der Waals surface area contributed by atoms with E-state index in [1.54, 1.807) is 6.08 Å². The molecule has 1 heterocycles. The highest BCUT2D eigenvalue weighted by Crippen LogP contribution is 2.09. The van der Waals surface area contributed by atoms with E-state index in [9.17, 15) is 9.59 Å². The Hall–Kier alpha value is -1.56. The smallest absolute Gasteiger partial charge is 0.466 e. The first-order valence-electron chi connectivity index (χ1n) is 5.49. The number of rotatable bonds is 7. The first-order valence-corrected chi connectivity index (χ1v) is 5.49. The second kappa shape index (κ2) is 7.67. The van der Waals surface area contributed by atoms with Gasteiger partial charge in [-0.1, -0.05) is 6.92 Å². The normalized spacial score (nSPS) is 16.8. The molecule has 0 bridgehead atoms. The molecule has 1 rings (SSSR count). The zero-order valence-electron chi connectivity index (χ0n) is 9.77. The molecule has 0 aromatic heterocycles. The van der Waals surface area contributed by atoms with E-state index >= 15 is 0 Å². The molecular formula is C11H16O6. The zero-order valence-corrected chi connectivity index (χ0v) is 9.77. The van der Waals surface area contributed by atoms with Crippen molar-refractivity contribution in [3.8, 4) is 0 Å². The lowest BCUT2D eigenvalue weighted by Gasteiger charge is -2.03. The van der Waals surface area contributed by atoms with Gasteiger partial charge in [0.15, 0.2) is 6.61 Å². The van der Waals surface area contributed by atoms with Crippen LogP contribution in [0.15, 0.2) is 11.8 Å². The van der Waals surface area contributed by atoms with Crippen LogP contribution in [0.25, 0.3) is 0 Å². The standard InChI is InChI=1S/C11H16O6/c1-2-5-15-10(12)4-7-14-6-3-9-8-16-11(13)17-9/h3H,2,4-8H2,1H3/b9-3-. The van der Waals surface area contributed by atoms with Crippen molar-refractivity contribution in [3.63, 3.8) is 0 Å². The largest absolute Gasteiger partial charge is 0.514 e. The van der Waals surface area contributed by atoms with Gasteiger partial charge in [0.1, 0.15) is 5.76 Å². The van der Waals surface area contributed by atoms with Gasteiger partial charge >= 0.3 is 12.1 Å². The van der Waals surface area contributed by atoms with E-state index in [0.29, 0.717) is 12.4 Å². The van der Waals surface area contributed by atoms with Crippen molar-refractivity contribution in [2.75, 3.05) is 26.4 Å². The maximum atomic E-state index is 11.1. The summed E-state index contributed by atoms with van der Waals surface area (Å²) in [7, 11) is 0. The lowest BCUT2D eigenvalue weighted by molar-refractivity contribution is -0.144. The predicted molar refractivity (Wildman–Crippen MR) is 57.2 cm³/mol. The summed E-state index contributed by atoms with van der Waals surface area (Å²) in [5, 5.41) is 0. The van der Waals surface area contributed by atoms with E-state index in [4.69, 9.17) is 9.47 Å². The number of hydrogen-bond acceptors (Lipinski definition) is 6. The van der Waals surface area contributed by atoms with Crippen molar-refractivity contribution in [2.24, 2.45) is 0 Å². The Morgan fingerprint density at radius 3 is 2.94 bits per heavy atom. The van der Waals surface area contributed by atoms with E-state index in [2.05, 4.69) is 9.47 Å². The highest BCUT2D eigenvalue weighted by Gasteiger charge is 2.17. The van der Waals surface area contributed by atoms with Gasteiger partial charge < -0.3 is 18.9 Å². The molecule has 0 atom stereocenters. The number of carbonyl (C=O) groups is 2. The quantitative estimate of drug-likeness (QED) is 0.498. The molecule has 1 saturated heterocycles. The summed E-state index contributed by atoms with van der Waals surface area (Å²) in [6.45, 7) is 3.06. The number of cyclic esters (lactones) is 2. The van der Waals surface area contributed by atoms with Crippen LogP contribution in [-0.2, 0) is 23.7 Å². The topological polar surface area (TPSA) is 71.1 Å². The van der Waals surface area contributed by atoms with Crippen LogP contribution in [-0.4, -0.2) is 38.6 Å². The van der Waals surface area contributed by atoms with Crippen molar-refractivity contribution in [1.29, 1.82) is 0 Å². The van der Waals surface area contributed by atoms with Crippen LogP contribution < -0.4 is 0 Å². The molecule has 0 amide bonds. The van der Waals surface area contributed by atoms with Gasteiger partial charge in [0.2, 0.25) is 0 Å². The molecule has 0 unspecified atom stereocenters. The van der Waals surface area contributed by atoms with Crippen molar-refractivity contribution in [2.45, 2.75) is 19.8 Å². The predicted octanol–water partition coefficient (Wildman–Crippen LogP) is 1.40. The van der Waals surface area contributed by atoms with Crippen molar-refractivity contribution < 1.29 is 28.5 Å². The molecule has 96 valence electrons. The van der Waals surface area contributed by atoms with Crippen molar-refractivity contribution in [1.82, 2.24) is 0 Å². The van der Waals surface area contributed by atoms with E-state index in [1.807, 2.05) is 6.92 Å². The second-order valence-electron chi connectivity index (χ2n) is 3.36. The Bertz CT molecular complexity index is 296. The first kappa shape index (κ1) is 13.5. The van der Waals surface area contributed by atoms with Gasteiger partial charge in [-0.2, -0.15) is 0 Å². The molecule has 0 N–H and O–H groups in total. The molecule has 1 aliphatic heterocycles. The van der Waals surface area contributed by atoms with E-state index in [1.165, 1.54) is 0 Å². The molecule has 6 nitrogen and oxygen atoms in total. The maximum absolute atomic E-state index is 11.1. The molecule has 17 heavy (non-hydrogen) atoms. The fourth-order valence-electron chi connectivity index (χ4n) is 1.08. The lowest BCUT2D eigenvalue weighted by Crippen LogP contribution is -2.09. The molecular weight excluding hydrogens is 228 g/mol. The summed E-state index contributed by atoms with van der Waals surface area (Å²) in [5.74, 6) is 0.165. The number of hydrogen-bond donors (Lipinski definition) is 0. The summed E-state index contributed by atoms with van der Waals surface area (Å²) in [4.78, 5) is 21.6. The van der Waals surface area contributed by atoms with Gasteiger partial charge in [-0.3, -0.25) is 4.79 Å². The van der Waals surface area contributed by atoms with E-state index in [0.717, 1.165) is 6.42 Å². The third-order valence-electron chi connectivity index (χ3n) is 1.89. The molecule has 1 aliphatic rings. The van der Waals surface area contributed by atoms with Crippen LogP contribution in [0.4, 0.5) is 4.79 Å². The Balaban J connectivity index is 2.01. The summed E-state index contributed by atoms with van der Waals surface area (Å²) < 4.78 is 19.2. The van der Waals surface area contributed by atoms with Crippen LogP contribution in [0.5, 0.6) is 0 Å². The van der Waals surface area contributed by atoms with E-state index < -0.39 is 6.16 Å². The van der Waals surface area contributed by atoms with Gasteiger partial charge in [-0.25, -0.2) is 4.79 Å². The fourth-order valence-corrected chi connectivity index (χ4v) is 1.08. The van der Waals surface area contributed by atoms with Crippen LogP contribution in [0, 0.1) is 0 Å². The molecule has 0 spiro atoms. The minimum Gasteiger partial charge on any atom is -0.466 e. The van der Waals surface area contributed by atoms with Gasteiger partial charge in [0, 0.05) is 0 Å². The highest BCUT2D eigenvalue weighted by atomic mass is 16.8. The number of esters is 1. The SMILES string of the molecule is CCCOC(=O)CCOC/C=C1/COC(=O)O1. The molecule has 0 saturated carbocycles. The van der Waals surface area contributed by atoms with Crippen LogP contribution >= 0.6 is 0 Å². The second-order valence-corrected chi connectivity index (χ2v) is 3.36. The Labute approximate surface area is 99.5 Å². The van der Waals surface area contributed by atoms with Gasteiger partial charge in [0.05, 0.1) is 26.2 Å². The minimum absolute atomic E-state index is 0.140. The lowest BCUT2D eigenvalue weighted by atomic mass is 10.4. The third kappa shape index (κ3) is 5.91. The van der Waals surface area contributed by atoms with Gasteiger partial charge in [-0.15, -0.1) is 0 Å². The first-order chi connectivity index (χ1) is 8.22. The summed E-state index contributed by atoms with van der Waals surface area (Å²) in [5.41, 5.74) is 0. The Morgan fingerprint density at radius 1 is 1.47 bits per heavy atom. The summed E-state index contributed by atoms with van der Waals surface area (Å²) in [6, 6.07) is 0. The molecule has 0 aromatic carbocycles. The van der Waals surface area contributed by atoms with Gasteiger partial charge in [0.25, 0.3) is 0 Å². The molecule has 0 aromatic rings. The molecule has 6 heteroatoms. The van der Waals surface area contributed by atoms with Crippen LogP contribution in [0.1, 0.15) is 19.8 Å². The maximum Gasteiger partial charge on any atom is 0.514 e. The van der Waals surface area contributed by atoms with Crippen LogP contribution in [0.2, 0.25) is 0 Å². The fraction of sp³-hybridized carbons (Fsp3) is 0.636. The average molecular weight is 244 g/mol. The number of ether oxygens (including phenoxy) is 4. The summed E-state index contributed by atoms with van der Waals surface area (Å²) in [6.07, 6.45) is 1.94. The van der Waals surface area contributed by atoms with E-state index in [-0.39, 0.29) is 32.2 Å². The average Bonchev–Trinajstić information content (AvgIpc) is 2.72. The molecule has 1 fully saturated rings. The van der Waals surface area contributed by atoms with Gasteiger partial charge in [-0.05, 0) is 12.5 Å². The Kier molecular flexibility index (Phi) is 6.09. The number of carbonyl (C=O) groups excluding carboxylic acids is 2. The summed E-state index contributed by atoms with van der Waals surface area (Å²) >= 11 is 0. The molecule has 0 radical (unpaired) electrons. The highest BCUT2D eigenvalue weighted by molar-refractivity contribution is 5.69.